The van der Waals surface area contributed by atoms with Gasteiger partial charge in [-0.3, -0.25) is 14.5 Å². The van der Waals surface area contributed by atoms with Crippen LogP contribution in [0.5, 0.6) is 11.8 Å². The Morgan fingerprint density at radius 2 is 1.74 bits per heavy atom. The van der Waals surface area contributed by atoms with Gasteiger partial charge in [-0.05, 0) is 62.7 Å². The number of hydrogen-bond acceptors (Lipinski definition) is 18. The Balaban J connectivity index is 0.728. The molecular formula is C59H71N11O10S. The Labute approximate surface area is 475 Å². The molecule has 3 aromatic carbocycles. The maximum atomic E-state index is 14.0. The van der Waals surface area contributed by atoms with Gasteiger partial charge in [0.2, 0.25) is 11.8 Å². The van der Waals surface area contributed by atoms with Gasteiger partial charge in [0, 0.05) is 86.5 Å². The number of aliphatic hydroxyl groups is 1. The molecule has 6 aromatic rings. The van der Waals surface area contributed by atoms with Gasteiger partial charge in [0.1, 0.15) is 42.5 Å². The molecular weight excluding hydrogens is 1050 g/mol. The lowest BCUT2D eigenvalue weighted by atomic mass is 9.91. The van der Waals surface area contributed by atoms with Gasteiger partial charge in [-0.15, -0.1) is 11.3 Å². The maximum absolute atomic E-state index is 14.0. The van der Waals surface area contributed by atoms with Crippen LogP contribution in [-0.4, -0.2) is 173 Å². The van der Waals surface area contributed by atoms with Crippen molar-refractivity contribution in [3.63, 3.8) is 0 Å². The molecule has 3 amide bonds. The molecule has 428 valence electrons. The minimum atomic E-state index is -1.03. The molecule has 21 nitrogen and oxygen atoms in total. The zero-order valence-electron chi connectivity index (χ0n) is 46.5. The number of nitriles is 1. The molecule has 0 saturated carbocycles. The van der Waals surface area contributed by atoms with Crippen LogP contribution in [0, 0.1) is 31.1 Å². The second kappa shape index (κ2) is 25.6. The minimum Gasteiger partial charge on any atom is -0.491 e. The van der Waals surface area contributed by atoms with Gasteiger partial charge in [-0.1, -0.05) is 67.5 Å². The molecule has 6 atom stereocenters. The highest BCUT2D eigenvalue weighted by atomic mass is 32.1. The summed E-state index contributed by atoms with van der Waals surface area (Å²) in [4.78, 5) is 65.0. The van der Waals surface area contributed by atoms with Crippen LogP contribution < -0.4 is 24.6 Å². The summed E-state index contributed by atoms with van der Waals surface area (Å²) in [5.74, 6) is 0.283. The fraction of sp³-hybridized carbons (Fsp3) is 0.492. The van der Waals surface area contributed by atoms with E-state index < -0.39 is 30.2 Å². The van der Waals surface area contributed by atoms with Crippen molar-refractivity contribution < 1.29 is 48.1 Å². The predicted molar refractivity (Wildman–Crippen MR) is 303 cm³/mol. The molecule has 81 heavy (non-hydrogen) atoms. The van der Waals surface area contributed by atoms with Crippen molar-refractivity contribution in [2.45, 2.75) is 103 Å². The molecule has 7 heterocycles. The summed E-state index contributed by atoms with van der Waals surface area (Å²) < 4.78 is 30.7. The molecule has 0 bridgehead atoms. The molecule has 22 heteroatoms. The molecule has 1 unspecified atom stereocenters. The number of hydrogen-bond donors (Lipinski definition) is 3. The van der Waals surface area contributed by atoms with Crippen molar-refractivity contribution in [3.8, 4) is 28.3 Å². The number of amides is 3. The number of carbonyl (C=O) groups is 3. The zero-order chi connectivity index (χ0) is 56.7. The van der Waals surface area contributed by atoms with Crippen molar-refractivity contribution in [1.82, 2.24) is 40.1 Å². The number of fused-ring (bicyclic) bond motifs is 2. The lowest BCUT2D eigenvalue weighted by Crippen LogP contribution is -2.55. The van der Waals surface area contributed by atoms with Crippen LogP contribution in [0.4, 0.5) is 16.3 Å². The SMILES string of the molecule is Cc1cc(C(C(=O)N2C[C@H](O)C[C@H]2C(=O)NCc2ccc(-c3scnc3C)cc2OCCOCCO[C@@H]2C[C@@H](COc3nc4c(c(N5CCN(C(=O)O)[C@@H](CC#N)C5)n3)CCN(c3cccc5ccccc35)C4)N(C)C2)C(C)C)on1. The number of carboxylic acid groups (broad SMARTS) is 1. The van der Waals surface area contributed by atoms with Crippen molar-refractivity contribution in [2.75, 3.05) is 89.2 Å². The molecule has 0 spiro atoms. The highest BCUT2D eigenvalue weighted by Gasteiger charge is 2.43. The van der Waals surface area contributed by atoms with E-state index in [1.807, 2.05) is 52.1 Å². The summed E-state index contributed by atoms with van der Waals surface area (Å²) in [5.41, 5.74) is 8.03. The Kier molecular flexibility index (Phi) is 17.9. The van der Waals surface area contributed by atoms with E-state index in [1.165, 1.54) is 26.5 Å². The number of aryl methyl sites for hydroxylation is 2. The normalized spacial score (nSPS) is 20.6. The average Bonchev–Trinajstić information content (AvgIpc) is 4.35. The second-order valence-electron chi connectivity index (χ2n) is 21.8. The van der Waals surface area contributed by atoms with Crippen LogP contribution in [-0.2, 0) is 38.6 Å². The third kappa shape index (κ3) is 13.0. The van der Waals surface area contributed by atoms with Crippen LogP contribution in [0.25, 0.3) is 21.2 Å². The fourth-order valence-corrected chi connectivity index (χ4v) is 12.5. The van der Waals surface area contributed by atoms with E-state index in [1.54, 1.807) is 18.5 Å². The summed E-state index contributed by atoms with van der Waals surface area (Å²) in [6, 6.07) is 23.4. The molecule has 4 aliphatic rings. The van der Waals surface area contributed by atoms with E-state index in [-0.39, 0.29) is 81.6 Å². The lowest BCUT2D eigenvalue weighted by molar-refractivity contribution is -0.141. The quantitative estimate of drug-likeness (QED) is 0.0644. The Bertz CT molecular complexity index is 3230. The number of carbonyl (C=O) groups excluding carboxylic acids is 2. The van der Waals surface area contributed by atoms with E-state index >= 15 is 0 Å². The Hall–Kier alpha value is -7.42. The predicted octanol–water partition coefficient (Wildman–Crippen LogP) is 6.58. The van der Waals surface area contributed by atoms with Crippen molar-refractivity contribution in [1.29, 1.82) is 5.26 Å². The van der Waals surface area contributed by atoms with Gasteiger partial charge >= 0.3 is 12.1 Å². The van der Waals surface area contributed by atoms with E-state index in [0.717, 1.165) is 62.8 Å². The summed E-state index contributed by atoms with van der Waals surface area (Å²) >= 11 is 1.53. The number of benzene rings is 3. The molecule has 3 fully saturated rings. The first-order valence-corrected chi connectivity index (χ1v) is 28.7. The number of piperazine rings is 1. The smallest absolute Gasteiger partial charge is 0.407 e. The summed E-state index contributed by atoms with van der Waals surface area (Å²) in [5, 5.41) is 39.6. The summed E-state index contributed by atoms with van der Waals surface area (Å²) in [7, 11) is 2.05. The van der Waals surface area contributed by atoms with Gasteiger partial charge in [0.15, 0.2) is 0 Å². The lowest BCUT2D eigenvalue weighted by Gasteiger charge is -2.41. The largest absolute Gasteiger partial charge is 0.491 e. The third-order valence-corrected chi connectivity index (χ3v) is 16.9. The molecule has 4 aliphatic heterocycles. The zero-order valence-corrected chi connectivity index (χ0v) is 47.3. The number of ether oxygens (including phenoxy) is 4. The number of aliphatic hydroxyl groups excluding tert-OH is 1. The third-order valence-electron chi connectivity index (χ3n) is 15.9. The molecule has 3 aromatic heterocycles. The van der Waals surface area contributed by atoms with E-state index in [4.69, 9.17) is 33.4 Å². The highest BCUT2D eigenvalue weighted by Crippen LogP contribution is 2.37. The summed E-state index contributed by atoms with van der Waals surface area (Å²) in [6.45, 7) is 12.3. The number of rotatable bonds is 21. The summed E-state index contributed by atoms with van der Waals surface area (Å²) in [6.07, 6.45) is -0.326. The topological polar surface area (TPSA) is 245 Å². The number of aromatic nitrogens is 4. The number of β-amino-alcohol motifs (C(OH)–C–C–N with tert-alkyl or cyclic N) is 1. The van der Waals surface area contributed by atoms with Crippen molar-refractivity contribution >= 4 is 51.5 Å². The highest BCUT2D eigenvalue weighted by molar-refractivity contribution is 7.13. The minimum absolute atomic E-state index is 0.0279. The van der Waals surface area contributed by atoms with Crippen LogP contribution in [0.2, 0.25) is 0 Å². The van der Waals surface area contributed by atoms with Crippen LogP contribution in [0.3, 0.4) is 0 Å². The first-order chi connectivity index (χ1) is 39.2. The van der Waals surface area contributed by atoms with Crippen molar-refractivity contribution in [2.24, 2.45) is 5.92 Å². The molecule has 0 radical (unpaired) electrons. The first-order valence-electron chi connectivity index (χ1n) is 27.8. The van der Waals surface area contributed by atoms with E-state index in [9.17, 15) is 29.9 Å². The number of anilines is 2. The number of nitrogens with one attached hydrogen (secondary N) is 1. The van der Waals surface area contributed by atoms with E-state index in [2.05, 4.69) is 72.6 Å². The second-order valence-corrected chi connectivity index (χ2v) is 22.6. The van der Waals surface area contributed by atoms with E-state index in [0.29, 0.717) is 69.6 Å². The average molecular weight is 1130 g/mol. The van der Waals surface area contributed by atoms with Crippen LogP contribution in [0.1, 0.15) is 73.0 Å². The Morgan fingerprint density at radius 1 is 0.914 bits per heavy atom. The number of thiazole rings is 1. The molecule has 3 saturated heterocycles. The van der Waals surface area contributed by atoms with Crippen molar-refractivity contribution in [3.05, 3.63) is 106 Å². The first kappa shape index (κ1) is 56.8. The van der Waals surface area contributed by atoms with Gasteiger partial charge in [-0.25, -0.2) is 9.78 Å². The fourth-order valence-electron chi connectivity index (χ4n) is 11.7. The maximum Gasteiger partial charge on any atom is 0.407 e. The number of likely N-dealkylation sites (N-methyl/N-ethyl adjacent to an activating group) is 1. The van der Waals surface area contributed by atoms with Gasteiger partial charge in [0.05, 0.1) is 84.6 Å². The molecule has 10 rings (SSSR count). The van der Waals surface area contributed by atoms with Crippen LogP contribution in [0.15, 0.2) is 76.8 Å². The van der Waals surface area contributed by atoms with Gasteiger partial charge < -0.3 is 58.6 Å². The monoisotopic (exact) mass is 1130 g/mol. The van der Waals surface area contributed by atoms with Gasteiger partial charge in [0.25, 0.3) is 0 Å². The van der Waals surface area contributed by atoms with Gasteiger partial charge in [-0.2, -0.15) is 15.2 Å². The number of likely N-dealkylation sites (tertiary alicyclic amines) is 2. The van der Waals surface area contributed by atoms with Crippen LogP contribution >= 0.6 is 11.3 Å². The standard InChI is InChI=1S/C59H71N11O10S/c1-36(2)53(52-25-37(3)65-80-52)57(73)70-31-44(71)28-50(70)56(72)61-29-41-14-13-40(54-38(4)62-35-81-54)26-51(41)78-24-22-76-21-23-77-45-27-43(66(5)32-45)34-79-58-63-48-33-67(49-12-8-10-39-9-6-7-11-46(39)49)18-16-47(48)55(64-58)68-19-20-69(59(74)75)42(30-68)15-17-60/h6-14,25-26,35-36,42-45,50,53,71H,15-16,18-24,27-34H2,1-5H3,(H,61,72)(H,74,75)/t42-,43-,44+,45+,50-,53?/m0/s1. The number of nitrogens with zero attached hydrogens (tertiary/aromatic N) is 10. The Morgan fingerprint density at radius 3 is 2.52 bits per heavy atom. The molecule has 0 aliphatic carbocycles. The molecule has 3 N–H and O–H groups in total.